The number of hydrogen-bond acceptors (Lipinski definition) is 2. The minimum Gasteiger partial charge on any atom is -0.342 e. The molecule has 5 heteroatoms. The van der Waals surface area contributed by atoms with Crippen molar-refractivity contribution in [3.63, 3.8) is 0 Å². The van der Waals surface area contributed by atoms with Gasteiger partial charge in [-0.3, -0.25) is 9.69 Å². The summed E-state index contributed by atoms with van der Waals surface area (Å²) in [5.74, 6) is -1.21. The number of halogens is 2. The van der Waals surface area contributed by atoms with Gasteiger partial charge in [0.05, 0.1) is 0 Å². The summed E-state index contributed by atoms with van der Waals surface area (Å²) in [5.41, 5.74) is 0.973. The van der Waals surface area contributed by atoms with Gasteiger partial charge in [0, 0.05) is 43.6 Å². The van der Waals surface area contributed by atoms with E-state index in [2.05, 4.69) is 16.7 Å². The van der Waals surface area contributed by atoms with Gasteiger partial charge in [-0.2, -0.15) is 0 Å². The molecule has 4 rings (SSSR count). The van der Waals surface area contributed by atoms with E-state index in [0.29, 0.717) is 29.9 Å². The Balaban J connectivity index is 1.35. The van der Waals surface area contributed by atoms with Crippen LogP contribution in [0.25, 0.3) is 0 Å². The molecule has 3 aliphatic rings. The van der Waals surface area contributed by atoms with E-state index in [-0.39, 0.29) is 5.41 Å². The summed E-state index contributed by atoms with van der Waals surface area (Å²) >= 11 is 0. The lowest BCUT2D eigenvalue weighted by Gasteiger charge is -2.40. The summed E-state index contributed by atoms with van der Waals surface area (Å²) in [7, 11) is 0. The van der Waals surface area contributed by atoms with Crippen molar-refractivity contribution in [3.05, 3.63) is 35.4 Å². The highest BCUT2D eigenvalue weighted by atomic mass is 19.2. The van der Waals surface area contributed by atoms with Crippen molar-refractivity contribution in [1.29, 1.82) is 0 Å². The molecule has 0 unspecified atom stereocenters. The van der Waals surface area contributed by atoms with E-state index in [1.54, 1.807) is 12.1 Å². The van der Waals surface area contributed by atoms with Gasteiger partial charge in [0.15, 0.2) is 11.6 Å². The number of rotatable bonds is 5. The van der Waals surface area contributed by atoms with Crippen molar-refractivity contribution in [3.8, 4) is 0 Å². The molecular weight excluding hydrogens is 346 g/mol. The quantitative estimate of drug-likeness (QED) is 0.762. The minimum atomic E-state index is -0.777. The SMILES string of the molecule is CC1(CCC(=O)N2CC[C@@]3(CCCN(Cc4cccc(F)c4F)C3)C2)CC1. The molecule has 2 aliphatic heterocycles. The zero-order valence-electron chi connectivity index (χ0n) is 16.3. The standard InChI is InChI=1S/C22H30F2N2O/c1-21(9-10-21)8-6-19(27)26-13-11-22(16-26)7-3-12-25(15-22)14-17-4-2-5-18(23)20(17)24/h2,4-5H,3,6-16H2,1H3/t22-/m1/s1. The van der Waals surface area contributed by atoms with Crippen LogP contribution in [0.1, 0.15) is 57.4 Å². The van der Waals surface area contributed by atoms with Gasteiger partial charge in [0.2, 0.25) is 5.91 Å². The van der Waals surface area contributed by atoms with E-state index in [1.807, 2.05) is 0 Å². The Bertz CT molecular complexity index is 718. The van der Waals surface area contributed by atoms with Crippen LogP contribution in [0.4, 0.5) is 8.78 Å². The molecule has 0 aromatic heterocycles. The first-order valence-corrected chi connectivity index (χ1v) is 10.3. The molecule has 1 spiro atoms. The minimum absolute atomic E-state index is 0.126. The first-order valence-electron chi connectivity index (χ1n) is 10.3. The zero-order valence-corrected chi connectivity index (χ0v) is 16.3. The van der Waals surface area contributed by atoms with Gasteiger partial charge in [0.1, 0.15) is 0 Å². The highest BCUT2D eigenvalue weighted by Crippen LogP contribution is 2.49. The summed E-state index contributed by atoms with van der Waals surface area (Å²) in [6.07, 6.45) is 7.41. The van der Waals surface area contributed by atoms with Gasteiger partial charge in [-0.05, 0) is 56.6 Å². The number of benzene rings is 1. The molecule has 3 nitrogen and oxygen atoms in total. The van der Waals surface area contributed by atoms with E-state index < -0.39 is 11.6 Å². The summed E-state index contributed by atoms with van der Waals surface area (Å²) in [6, 6.07) is 4.41. The lowest BCUT2D eigenvalue weighted by Crippen LogP contribution is -2.45. The van der Waals surface area contributed by atoms with Gasteiger partial charge < -0.3 is 4.90 Å². The molecule has 1 aromatic carbocycles. The lowest BCUT2D eigenvalue weighted by molar-refractivity contribution is -0.131. The molecule has 27 heavy (non-hydrogen) atoms. The van der Waals surface area contributed by atoms with E-state index in [4.69, 9.17) is 0 Å². The van der Waals surface area contributed by atoms with Crippen LogP contribution in [0.3, 0.4) is 0 Å². The average molecular weight is 376 g/mol. The Morgan fingerprint density at radius 1 is 1.11 bits per heavy atom. The number of carbonyl (C=O) groups excluding carboxylic acids is 1. The molecule has 3 fully saturated rings. The van der Waals surface area contributed by atoms with Crippen molar-refractivity contribution in [1.82, 2.24) is 9.80 Å². The summed E-state index contributed by atoms with van der Waals surface area (Å²) in [6.45, 7) is 6.16. The molecule has 0 N–H and O–H groups in total. The molecule has 148 valence electrons. The van der Waals surface area contributed by atoms with Crippen LogP contribution in [-0.2, 0) is 11.3 Å². The summed E-state index contributed by atoms with van der Waals surface area (Å²) < 4.78 is 27.5. The van der Waals surface area contributed by atoms with Crippen LogP contribution < -0.4 is 0 Å². The predicted molar refractivity (Wildman–Crippen MR) is 101 cm³/mol. The van der Waals surface area contributed by atoms with Crippen LogP contribution >= 0.6 is 0 Å². The molecule has 2 saturated heterocycles. The molecule has 1 aromatic rings. The van der Waals surface area contributed by atoms with Crippen molar-refractivity contribution in [2.75, 3.05) is 26.2 Å². The van der Waals surface area contributed by atoms with Crippen molar-refractivity contribution in [2.45, 2.75) is 58.4 Å². The molecule has 1 aliphatic carbocycles. The number of piperidine rings is 1. The third-order valence-corrected chi connectivity index (χ3v) is 7.00. The van der Waals surface area contributed by atoms with Gasteiger partial charge in [-0.15, -0.1) is 0 Å². The monoisotopic (exact) mass is 376 g/mol. The first-order chi connectivity index (χ1) is 12.9. The van der Waals surface area contributed by atoms with Crippen LogP contribution in [0, 0.1) is 22.5 Å². The third-order valence-electron chi connectivity index (χ3n) is 7.00. The van der Waals surface area contributed by atoms with E-state index in [1.165, 1.54) is 18.9 Å². The van der Waals surface area contributed by atoms with Crippen LogP contribution in [-0.4, -0.2) is 41.9 Å². The average Bonchev–Trinajstić information content (AvgIpc) is 3.25. The maximum atomic E-state index is 14.0. The molecule has 2 heterocycles. The van der Waals surface area contributed by atoms with Crippen molar-refractivity contribution >= 4 is 5.91 Å². The normalized spacial score (nSPS) is 27.3. The zero-order chi connectivity index (χ0) is 19.1. The highest BCUT2D eigenvalue weighted by Gasteiger charge is 2.43. The first kappa shape index (κ1) is 18.9. The molecule has 0 bridgehead atoms. The molecule has 1 saturated carbocycles. The van der Waals surface area contributed by atoms with Gasteiger partial charge in [0.25, 0.3) is 0 Å². The maximum Gasteiger partial charge on any atom is 0.222 e. The Labute approximate surface area is 160 Å². The van der Waals surface area contributed by atoms with Gasteiger partial charge in [-0.1, -0.05) is 19.1 Å². The number of likely N-dealkylation sites (tertiary alicyclic amines) is 2. The fraction of sp³-hybridized carbons (Fsp3) is 0.682. The van der Waals surface area contributed by atoms with Crippen molar-refractivity contribution < 1.29 is 13.6 Å². The lowest BCUT2D eigenvalue weighted by atomic mass is 9.79. The summed E-state index contributed by atoms with van der Waals surface area (Å²) in [4.78, 5) is 16.9. The van der Waals surface area contributed by atoms with Gasteiger partial charge in [-0.25, -0.2) is 8.78 Å². The Morgan fingerprint density at radius 2 is 1.93 bits per heavy atom. The number of amides is 1. The fourth-order valence-corrected chi connectivity index (χ4v) is 4.87. The number of nitrogens with zero attached hydrogens (tertiary/aromatic N) is 2. The third kappa shape index (κ3) is 4.18. The Hall–Kier alpha value is -1.49. The van der Waals surface area contributed by atoms with Crippen LogP contribution in [0.15, 0.2) is 18.2 Å². The fourth-order valence-electron chi connectivity index (χ4n) is 4.87. The molecule has 1 amide bonds. The second-order valence-electron chi connectivity index (χ2n) is 9.40. The molecule has 0 radical (unpaired) electrons. The van der Waals surface area contributed by atoms with E-state index in [9.17, 15) is 13.6 Å². The Morgan fingerprint density at radius 3 is 2.70 bits per heavy atom. The van der Waals surface area contributed by atoms with Gasteiger partial charge >= 0.3 is 0 Å². The van der Waals surface area contributed by atoms with Crippen LogP contribution in [0.2, 0.25) is 0 Å². The molecular formula is C22H30F2N2O. The van der Waals surface area contributed by atoms with Crippen LogP contribution in [0.5, 0.6) is 0 Å². The highest BCUT2D eigenvalue weighted by molar-refractivity contribution is 5.76. The number of carbonyl (C=O) groups is 1. The Kier molecular flexibility index (Phi) is 5.00. The smallest absolute Gasteiger partial charge is 0.222 e. The van der Waals surface area contributed by atoms with E-state index in [0.717, 1.165) is 51.9 Å². The van der Waals surface area contributed by atoms with E-state index >= 15 is 0 Å². The number of hydrogen-bond donors (Lipinski definition) is 0. The largest absolute Gasteiger partial charge is 0.342 e. The molecule has 1 atom stereocenters. The second-order valence-corrected chi connectivity index (χ2v) is 9.40. The maximum absolute atomic E-state index is 14.0. The van der Waals surface area contributed by atoms with Crippen molar-refractivity contribution in [2.24, 2.45) is 10.8 Å². The summed E-state index contributed by atoms with van der Waals surface area (Å²) in [5, 5.41) is 0. The topological polar surface area (TPSA) is 23.6 Å². The second kappa shape index (κ2) is 7.16. The predicted octanol–water partition coefficient (Wildman–Crippen LogP) is 4.36.